The van der Waals surface area contributed by atoms with Crippen molar-refractivity contribution in [1.82, 2.24) is 5.32 Å². The van der Waals surface area contributed by atoms with Crippen LogP contribution in [0.2, 0.25) is 0 Å². The number of thiophene rings is 1. The maximum Gasteiger partial charge on any atom is 0.401 e. The van der Waals surface area contributed by atoms with E-state index >= 15 is 0 Å². The van der Waals surface area contributed by atoms with Crippen LogP contribution in [0.15, 0.2) is 15.9 Å². The summed E-state index contributed by atoms with van der Waals surface area (Å²) < 4.78 is 36.5. The molecule has 1 N–H and O–H groups in total. The number of hydrogen-bond acceptors (Lipinski definition) is 2. The highest BCUT2D eigenvalue weighted by molar-refractivity contribution is 9.10. The molecule has 1 rings (SSSR count). The van der Waals surface area contributed by atoms with Gasteiger partial charge in [0.25, 0.3) is 0 Å². The second-order valence-electron chi connectivity index (χ2n) is 2.89. The molecule has 0 aliphatic rings. The molecule has 1 unspecified atom stereocenters. The number of halogens is 4. The SMILES string of the molecule is CC(NCC(F)(F)F)c1cc(Br)cs1. The first kappa shape index (κ1) is 12.0. The first-order chi connectivity index (χ1) is 6.38. The molecule has 0 aliphatic heterocycles. The average Bonchev–Trinajstić information content (AvgIpc) is 2.46. The summed E-state index contributed by atoms with van der Waals surface area (Å²) in [6.07, 6.45) is -4.15. The molecule has 0 saturated carbocycles. The third-order valence-corrected chi connectivity index (χ3v) is 3.50. The average molecular weight is 288 g/mol. The van der Waals surface area contributed by atoms with E-state index in [9.17, 15) is 13.2 Å². The van der Waals surface area contributed by atoms with E-state index in [4.69, 9.17) is 0 Å². The Balaban J connectivity index is 2.47. The van der Waals surface area contributed by atoms with Gasteiger partial charge in [0.05, 0.1) is 6.54 Å². The largest absolute Gasteiger partial charge is 0.401 e. The Bertz CT molecular complexity index is 297. The summed E-state index contributed by atoms with van der Waals surface area (Å²) in [6, 6.07) is 1.55. The number of hydrogen-bond donors (Lipinski definition) is 1. The topological polar surface area (TPSA) is 12.0 Å². The molecule has 0 bridgehead atoms. The van der Waals surface area contributed by atoms with E-state index < -0.39 is 12.7 Å². The summed E-state index contributed by atoms with van der Waals surface area (Å²) in [5.74, 6) is 0. The molecule has 1 heterocycles. The first-order valence-electron chi connectivity index (χ1n) is 3.92. The molecular weight excluding hydrogens is 279 g/mol. The summed E-state index contributed by atoms with van der Waals surface area (Å²) in [5, 5.41) is 4.27. The minimum Gasteiger partial charge on any atom is -0.301 e. The summed E-state index contributed by atoms with van der Waals surface area (Å²) in [4.78, 5) is 0.890. The molecular formula is C8H9BrF3NS. The van der Waals surface area contributed by atoms with Crippen LogP contribution in [0.25, 0.3) is 0 Å². The second-order valence-corrected chi connectivity index (χ2v) is 4.74. The van der Waals surface area contributed by atoms with Gasteiger partial charge in [0.2, 0.25) is 0 Å². The Morgan fingerprint density at radius 2 is 2.21 bits per heavy atom. The Kier molecular flexibility index (Phi) is 3.97. The zero-order chi connectivity index (χ0) is 10.8. The molecule has 0 aliphatic carbocycles. The fourth-order valence-electron chi connectivity index (χ4n) is 0.925. The smallest absolute Gasteiger partial charge is 0.301 e. The fourth-order valence-corrected chi connectivity index (χ4v) is 2.40. The highest BCUT2D eigenvalue weighted by Crippen LogP contribution is 2.26. The van der Waals surface area contributed by atoms with Gasteiger partial charge in [0, 0.05) is 20.8 Å². The lowest BCUT2D eigenvalue weighted by molar-refractivity contribution is -0.126. The zero-order valence-corrected chi connectivity index (χ0v) is 9.76. The normalized spacial score (nSPS) is 14.4. The molecule has 80 valence electrons. The molecule has 6 heteroatoms. The molecule has 0 amide bonds. The third kappa shape index (κ3) is 3.98. The van der Waals surface area contributed by atoms with E-state index in [-0.39, 0.29) is 6.04 Å². The third-order valence-electron chi connectivity index (χ3n) is 1.62. The molecule has 0 spiro atoms. The van der Waals surface area contributed by atoms with E-state index in [0.29, 0.717) is 0 Å². The number of rotatable bonds is 3. The standard InChI is InChI=1S/C8H9BrF3NS/c1-5(13-4-8(10,11)12)7-2-6(9)3-14-7/h2-3,5,13H,4H2,1H3. The lowest BCUT2D eigenvalue weighted by Crippen LogP contribution is -2.30. The quantitative estimate of drug-likeness (QED) is 0.893. The predicted octanol–water partition coefficient (Wildman–Crippen LogP) is 3.72. The molecule has 1 atom stereocenters. The van der Waals surface area contributed by atoms with Crippen molar-refractivity contribution in [3.63, 3.8) is 0 Å². The summed E-state index contributed by atoms with van der Waals surface area (Å²) in [5.41, 5.74) is 0. The van der Waals surface area contributed by atoms with Crippen molar-refractivity contribution >= 4 is 27.3 Å². The van der Waals surface area contributed by atoms with Crippen LogP contribution in [0, 0.1) is 0 Å². The van der Waals surface area contributed by atoms with Crippen molar-refractivity contribution in [3.8, 4) is 0 Å². The Labute approximate surface area is 92.4 Å². The molecule has 1 nitrogen and oxygen atoms in total. The van der Waals surface area contributed by atoms with E-state index in [1.807, 2.05) is 11.4 Å². The van der Waals surface area contributed by atoms with Crippen molar-refractivity contribution < 1.29 is 13.2 Å². The highest BCUT2D eigenvalue weighted by Gasteiger charge is 2.27. The summed E-state index contributed by atoms with van der Waals surface area (Å²) in [6.45, 7) is 0.758. The molecule has 1 aromatic heterocycles. The van der Waals surface area contributed by atoms with Crippen LogP contribution in [0.1, 0.15) is 17.8 Å². The van der Waals surface area contributed by atoms with E-state index in [0.717, 1.165) is 9.35 Å². The fraction of sp³-hybridized carbons (Fsp3) is 0.500. The Morgan fingerprint density at radius 1 is 1.57 bits per heavy atom. The minimum atomic E-state index is -4.15. The van der Waals surface area contributed by atoms with Crippen molar-refractivity contribution in [1.29, 1.82) is 0 Å². The Hall–Kier alpha value is -0.0700. The van der Waals surface area contributed by atoms with Crippen LogP contribution in [0.4, 0.5) is 13.2 Å². The lowest BCUT2D eigenvalue weighted by atomic mass is 10.3. The van der Waals surface area contributed by atoms with Crippen molar-refractivity contribution in [2.75, 3.05) is 6.54 Å². The van der Waals surface area contributed by atoms with Gasteiger partial charge in [-0.3, -0.25) is 0 Å². The zero-order valence-electron chi connectivity index (χ0n) is 7.36. The van der Waals surface area contributed by atoms with E-state index in [1.165, 1.54) is 11.3 Å². The number of alkyl halides is 3. The van der Waals surface area contributed by atoms with Gasteiger partial charge in [-0.2, -0.15) is 13.2 Å². The van der Waals surface area contributed by atoms with Crippen LogP contribution in [0.3, 0.4) is 0 Å². The summed E-state index contributed by atoms with van der Waals surface area (Å²) >= 11 is 4.68. The summed E-state index contributed by atoms with van der Waals surface area (Å²) in [7, 11) is 0. The number of nitrogens with one attached hydrogen (secondary N) is 1. The van der Waals surface area contributed by atoms with E-state index in [2.05, 4.69) is 21.2 Å². The monoisotopic (exact) mass is 287 g/mol. The van der Waals surface area contributed by atoms with Crippen LogP contribution >= 0.6 is 27.3 Å². The molecule has 0 saturated heterocycles. The Morgan fingerprint density at radius 3 is 2.64 bits per heavy atom. The molecule has 0 fully saturated rings. The second kappa shape index (κ2) is 4.63. The van der Waals surface area contributed by atoms with Crippen LogP contribution in [0.5, 0.6) is 0 Å². The minimum absolute atomic E-state index is 0.270. The maximum absolute atomic E-state index is 11.9. The molecule has 0 radical (unpaired) electrons. The lowest BCUT2D eigenvalue weighted by Gasteiger charge is -2.13. The highest BCUT2D eigenvalue weighted by atomic mass is 79.9. The molecule has 0 aromatic carbocycles. The predicted molar refractivity (Wildman–Crippen MR) is 54.5 cm³/mol. The van der Waals surface area contributed by atoms with Gasteiger partial charge in [-0.25, -0.2) is 0 Å². The van der Waals surface area contributed by atoms with E-state index in [1.54, 1.807) is 6.92 Å². The van der Waals surface area contributed by atoms with Crippen LogP contribution in [-0.4, -0.2) is 12.7 Å². The van der Waals surface area contributed by atoms with Gasteiger partial charge in [-0.05, 0) is 28.9 Å². The van der Waals surface area contributed by atoms with Crippen molar-refractivity contribution in [2.24, 2.45) is 0 Å². The van der Waals surface area contributed by atoms with Gasteiger partial charge in [0.15, 0.2) is 0 Å². The van der Waals surface area contributed by atoms with Gasteiger partial charge < -0.3 is 5.32 Å². The van der Waals surface area contributed by atoms with Gasteiger partial charge in [0.1, 0.15) is 0 Å². The van der Waals surface area contributed by atoms with Gasteiger partial charge >= 0.3 is 6.18 Å². The van der Waals surface area contributed by atoms with Crippen LogP contribution < -0.4 is 5.32 Å². The van der Waals surface area contributed by atoms with Gasteiger partial charge in [-0.1, -0.05) is 0 Å². The van der Waals surface area contributed by atoms with Gasteiger partial charge in [-0.15, -0.1) is 11.3 Å². The maximum atomic E-state index is 11.9. The van der Waals surface area contributed by atoms with Crippen LogP contribution in [-0.2, 0) is 0 Å². The first-order valence-corrected chi connectivity index (χ1v) is 5.60. The molecule has 1 aromatic rings. The van der Waals surface area contributed by atoms with Crippen molar-refractivity contribution in [3.05, 3.63) is 20.8 Å². The molecule has 14 heavy (non-hydrogen) atoms. The van der Waals surface area contributed by atoms with Crippen molar-refractivity contribution in [2.45, 2.75) is 19.1 Å².